The summed E-state index contributed by atoms with van der Waals surface area (Å²) in [4.78, 5) is 20.7. The van der Waals surface area contributed by atoms with Crippen LogP contribution in [-0.4, -0.2) is 29.1 Å². The maximum Gasteiger partial charge on any atom is 0.341 e. The number of aromatic nitrogens is 2. The molecule has 26 heavy (non-hydrogen) atoms. The van der Waals surface area contributed by atoms with Crippen LogP contribution in [0.1, 0.15) is 36.0 Å². The highest BCUT2D eigenvalue weighted by molar-refractivity contribution is 7.16. The average molecular weight is 368 g/mol. The summed E-state index contributed by atoms with van der Waals surface area (Å²) in [5.74, 6) is 0.303. The molecule has 4 rings (SSSR count). The van der Waals surface area contributed by atoms with E-state index in [-0.39, 0.29) is 5.97 Å². The van der Waals surface area contributed by atoms with Crippen molar-refractivity contribution in [2.45, 2.75) is 31.7 Å². The lowest BCUT2D eigenvalue weighted by molar-refractivity contribution is 0.0601. The highest BCUT2D eigenvalue weighted by Gasteiger charge is 2.19. The van der Waals surface area contributed by atoms with Gasteiger partial charge in [-0.25, -0.2) is 14.8 Å². The first-order valence-corrected chi connectivity index (χ1v) is 9.56. The van der Waals surface area contributed by atoms with Crippen LogP contribution in [0, 0.1) is 0 Å². The third-order valence-corrected chi connectivity index (χ3v) is 5.42. The lowest BCUT2D eigenvalue weighted by Crippen LogP contribution is -2.18. The fourth-order valence-electron chi connectivity index (χ4n) is 3.29. The lowest BCUT2D eigenvalue weighted by atomic mass is 10.1. The zero-order chi connectivity index (χ0) is 17.9. The van der Waals surface area contributed by atoms with Gasteiger partial charge >= 0.3 is 5.97 Å². The number of nitrogens with zero attached hydrogens (tertiary/aromatic N) is 2. The number of carbonyl (C=O) groups excluding carboxylic acids is 1. The van der Waals surface area contributed by atoms with Crippen LogP contribution >= 0.6 is 11.3 Å². The van der Waals surface area contributed by atoms with Crippen molar-refractivity contribution in [1.29, 1.82) is 0 Å². The maximum absolute atomic E-state index is 12.1. The number of nitrogens with one attached hydrogen (secondary N) is 2. The standard InChI is InChI=1S/C19H20N4O2S/c1-25-19(24)14-10-20-18(9-16(14)22-12-4-2-3-5-12)23-13-6-7-15-17(8-13)26-11-21-15/h6-12H,2-5H2,1H3,(H2,20,22,23). The number of pyridine rings is 1. The molecular weight excluding hydrogens is 348 g/mol. The normalized spacial score (nSPS) is 14.5. The second kappa shape index (κ2) is 7.29. The molecule has 1 aliphatic rings. The van der Waals surface area contributed by atoms with Gasteiger partial charge in [-0.1, -0.05) is 12.8 Å². The average Bonchev–Trinajstić information content (AvgIpc) is 3.32. The molecule has 2 N–H and O–H groups in total. The predicted molar refractivity (Wildman–Crippen MR) is 104 cm³/mol. The molecule has 0 saturated heterocycles. The van der Waals surface area contributed by atoms with Gasteiger partial charge < -0.3 is 15.4 Å². The van der Waals surface area contributed by atoms with Crippen molar-refractivity contribution < 1.29 is 9.53 Å². The van der Waals surface area contributed by atoms with Gasteiger partial charge in [0.15, 0.2) is 0 Å². The van der Waals surface area contributed by atoms with Crippen molar-refractivity contribution in [3.05, 3.63) is 41.5 Å². The van der Waals surface area contributed by atoms with Crippen LogP contribution in [0.5, 0.6) is 0 Å². The molecule has 1 fully saturated rings. The third-order valence-electron chi connectivity index (χ3n) is 4.63. The van der Waals surface area contributed by atoms with E-state index in [4.69, 9.17) is 4.74 Å². The SMILES string of the molecule is COC(=O)c1cnc(Nc2ccc3ncsc3c2)cc1NC1CCCC1. The Morgan fingerprint density at radius 3 is 2.88 bits per heavy atom. The van der Waals surface area contributed by atoms with Gasteiger partial charge in [0.05, 0.1) is 28.5 Å². The van der Waals surface area contributed by atoms with E-state index in [0.29, 0.717) is 17.4 Å². The number of hydrogen-bond acceptors (Lipinski definition) is 7. The minimum absolute atomic E-state index is 0.379. The summed E-state index contributed by atoms with van der Waals surface area (Å²) in [5, 5.41) is 6.80. The molecule has 3 aromatic rings. The quantitative estimate of drug-likeness (QED) is 0.642. The Labute approximate surface area is 155 Å². The summed E-state index contributed by atoms with van der Waals surface area (Å²) in [6.07, 6.45) is 6.24. The summed E-state index contributed by atoms with van der Waals surface area (Å²) in [7, 11) is 1.39. The van der Waals surface area contributed by atoms with Crippen LogP contribution in [0.4, 0.5) is 17.2 Å². The first-order valence-electron chi connectivity index (χ1n) is 8.68. The minimum atomic E-state index is -0.379. The predicted octanol–water partition coefficient (Wildman–Crippen LogP) is 4.58. The number of esters is 1. The molecule has 0 spiro atoms. The molecule has 0 amide bonds. The molecule has 7 heteroatoms. The van der Waals surface area contributed by atoms with Crippen molar-refractivity contribution in [2.75, 3.05) is 17.7 Å². The van der Waals surface area contributed by atoms with Gasteiger partial charge in [0.1, 0.15) is 11.4 Å². The molecule has 1 aliphatic carbocycles. The van der Waals surface area contributed by atoms with E-state index in [1.54, 1.807) is 17.5 Å². The maximum atomic E-state index is 12.1. The second-order valence-electron chi connectivity index (χ2n) is 6.39. The van der Waals surface area contributed by atoms with E-state index in [0.717, 1.165) is 34.4 Å². The number of rotatable bonds is 5. The molecule has 0 unspecified atom stereocenters. The van der Waals surface area contributed by atoms with Gasteiger partial charge in [-0.05, 0) is 31.0 Å². The topological polar surface area (TPSA) is 76.1 Å². The zero-order valence-electron chi connectivity index (χ0n) is 14.5. The van der Waals surface area contributed by atoms with Crippen LogP contribution in [0.3, 0.4) is 0 Å². The summed E-state index contributed by atoms with van der Waals surface area (Å²) >= 11 is 1.60. The van der Waals surface area contributed by atoms with Gasteiger partial charge in [0, 0.05) is 24.0 Å². The van der Waals surface area contributed by atoms with Gasteiger partial charge in [-0.15, -0.1) is 11.3 Å². The Kier molecular flexibility index (Phi) is 4.71. The molecule has 1 saturated carbocycles. The monoisotopic (exact) mass is 368 g/mol. The van der Waals surface area contributed by atoms with Crippen LogP contribution in [0.25, 0.3) is 10.2 Å². The number of ether oxygens (including phenoxy) is 1. The number of fused-ring (bicyclic) bond motifs is 1. The van der Waals surface area contributed by atoms with E-state index in [9.17, 15) is 4.79 Å². The van der Waals surface area contributed by atoms with Crippen LogP contribution in [0.15, 0.2) is 36.0 Å². The third kappa shape index (κ3) is 3.48. The van der Waals surface area contributed by atoms with Gasteiger partial charge in [0.25, 0.3) is 0 Å². The van der Waals surface area contributed by atoms with Gasteiger partial charge in [-0.2, -0.15) is 0 Å². The number of carbonyl (C=O) groups is 1. The summed E-state index contributed by atoms with van der Waals surface area (Å²) < 4.78 is 6.01. The molecular formula is C19H20N4O2S. The highest BCUT2D eigenvalue weighted by atomic mass is 32.1. The minimum Gasteiger partial charge on any atom is -0.465 e. The molecule has 2 heterocycles. The van der Waals surface area contributed by atoms with Crippen molar-refractivity contribution >= 4 is 44.7 Å². The largest absolute Gasteiger partial charge is 0.465 e. The zero-order valence-corrected chi connectivity index (χ0v) is 15.3. The molecule has 2 aromatic heterocycles. The van der Waals surface area contributed by atoms with E-state index in [2.05, 4.69) is 20.6 Å². The summed E-state index contributed by atoms with van der Waals surface area (Å²) in [6.45, 7) is 0. The number of methoxy groups -OCH3 is 1. The van der Waals surface area contributed by atoms with Gasteiger partial charge in [0.2, 0.25) is 0 Å². The summed E-state index contributed by atoms with van der Waals surface area (Å²) in [6, 6.07) is 8.27. The molecule has 1 aromatic carbocycles. The van der Waals surface area contributed by atoms with Crippen molar-refractivity contribution in [3.8, 4) is 0 Å². The van der Waals surface area contributed by atoms with Crippen LogP contribution in [0.2, 0.25) is 0 Å². The highest BCUT2D eigenvalue weighted by Crippen LogP contribution is 2.28. The second-order valence-corrected chi connectivity index (χ2v) is 7.28. The number of benzene rings is 1. The Morgan fingerprint density at radius 2 is 2.08 bits per heavy atom. The van der Waals surface area contributed by atoms with Gasteiger partial charge in [-0.3, -0.25) is 0 Å². The summed E-state index contributed by atoms with van der Waals surface area (Å²) in [5.41, 5.74) is 4.98. The molecule has 0 aliphatic heterocycles. The molecule has 6 nitrogen and oxygen atoms in total. The van der Waals surface area contributed by atoms with Crippen molar-refractivity contribution in [1.82, 2.24) is 9.97 Å². The molecule has 134 valence electrons. The van der Waals surface area contributed by atoms with Crippen molar-refractivity contribution in [3.63, 3.8) is 0 Å². The fourth-order valence-corrected chi connectivity index (χ4v) is 4.00. The number of thiazole rings is 1. The van der Waals surface area contributed by atoms with Crippen LogP contribution in [-0.2, 0) is 4.74 Å². The smallest absolute Gasteiger partial charge is 0.341 e. The molecule has 0 atom stereocenters. The number of hydrogen-bond donors (Lipinski definition) is 2. The Bertz CT molecular complexity index is 934. The first-order chi connectivity index (χ1) is 12.7. The molecule has 0 bridgehead atoms. The number of anilines is 3. The van der Waals surface area contributed by atoms with Crippen molar-refractivity contribution in [2.24, 2.45) is 0 Å². The first kappa shape index (κ1) is 16.8. The van der Waals surface area contributed by atoms with E-state index in [1.165, 1.54) is 20.0 Å². The Balaban J connectivity index is 1.61. The Hall–Kier alpha value is -2.67. The van der Waals surface area contributed by atoms with E-state index >= 15 is 0 Å². The Morgan fingerprint density at radius 1 is 1.23 bits per heavy atom. The lowest BCUT2D eigenvalue weighted by Gasteiger charge is -2.17. The van der Waals surface area contributed by atoms with Crippen LogP contribution < -0.4 is 10.6 Å². The van der Waals surface area contributed by atoms with E-state index < -0.39 is 0 Å². The fraction of sp³-hybridized carbons (Fsp3) is 0.316. The molecule has 0 radical (unpaired) electrons. The van der Waals surface area contributed by atoms with E-state index in [1.807, 2.05) is 29.8 Å².